The van der Waals surface area contributed by atoms with E-state index in [1.54, 1.807) is 6.08 Å². The third kappa shape index (κ3) is 10.0. The molecule has 1 aromatic heterocycles. The molecule has 0 saturated carbocycles. The Bertz CT molecular complexity index is 2300. The Labute approximate surface area is 350 Å². The third-order valence-corrected chi connectivity index (χ3v) is 11.9. The minimum atomic E-state index is -0.287. The second kappa shape index (κ2) is 19.2. The molecule has 0 bridgehead atoms. The highest BCUT2D eigenvalue weighted by molar-refractivity contribution is 5.82. The topological polar surface area (TPSA) is 72.9 Å². The largest absolute Gasteiger partial charge is 0.489 e. The van der Waals surface area contributed by atoms with E-state index in [1.807, 2.05) is 43.5 Å². The van der Waals surface area contributed by atoms with Crippen molar-refractivity contribution in [1.29, 1.82) is 0 Å². The zero-order valence-electron chi connectivity index (χ0n) is 35.2. The highest BCUT2D eigenvalue weighted by atomic mass is 16.6. The van der Waals surface area contributed by atoms with Crippen LogP contribution in [0.3, 0.4) is 0 Å². The average Bonchev–Trinajstić information content (AvgIpc) is 3.26. The third-order valence-electron chi connectivity index (χ3n) is 11.9. The van der Waals surface area contributed by atoms with Crippen molar-refractivity contribution in [2.24, 2.45) is 0 Å². The van der Waals surface area contributed by atoms with E-state index in [1.165, 1.54) is 44.5 Å². The molecule has 0 radical (unpaired) electrons. The first kappa shape index (κ1) is 41.2. The monoisotopic (exact) mass is 787 g/mol. The van der Waals surface area contributed by atoms with Crippen molar-refractivity contribution in [2.45, 2.75) is 85.1 Å². The lowest BCUT2D eigenvalue weighted by Gasteiger charge is -2.41. The van der Waals surface area contributed by atoms with Crippen LogP contribution in [0.25, 0.3) is 11.1 Å². The number of nitrogens with zero attached hydrogens (tertiary/aromatic N) is 2. The number of likely N-dealkylation sites (tertiary alicyclic amines) is 1. The van der Waals surface area contributed by atoms with Gasteiger partial charge in [0.1, 0.15) is 19.0 Å². The van der Waals surface area contributed by atoms with E-state index >= 15 is 0 Å². The van der Waals surface area contributed by atoms with E-state index in [0.717, 1.165) is 41.8 Å². The second-order valence-corrected chi connectivity index (χ2v) is 15.8. The van der Waals surface area contributed by atoms with Crippen LogP contribution in [0.4, 0.5) is 0 Å². The number of pyridine rings is 1. The minimum Gasteiger partial charge on any atom is -0.489 e. The molecule has 5 aromatic rings. The Morgan fingerprint density at radius 3 is 2.42 bits per heavy atom. The quantitative estimate of drug-likeness (QED) is 0.121. The molecule has 1 fully saturated rings. The van der Waals surface area contributed by atoms with E-state index in [0.29, 0.717) is 44.2 Å². The minimum absolute atomic E-state index is 0.0719. The van der Waals surface area contributed by atoms with Crippen molar-refractivity contribution in [3.63, 3.8) is 0 Å². The molecule has 0 aliphatic carbocycles. The summed E-state index contributed by atoms with van der Waals surface area (Å²) in [6.45, 7) is 16.7. The van der Waals surface area contributed by atoms with Crippen molar-refractivity contribution in [3.05, 3.63) is 190 Å². The van der Waals surface area contributed by atoms with Gasteiger partial charge in [-0.3, -0.25) is 14.7 Å². The lowest BCUT2D eigenvalue weighted by atomic mass is 9.91. The molecule has 4 aromatic carbocycles. The van der Waals surface area contributed by atoms with Gasteiger partial charge in [0.15, 0.2) is 17.6 Å². The number of carbonyl (C=O) groups excluding carboxylic acids is 1. The molecule has 3 unspecified atom stereocenters. The molecule has 7 rings (SSSR count). The molecule has 1 amide bonds. The molecule has 3 heterocycles. The summed E-state index contributed by atoms with van der Waals surface area (Å²) < 4.78 is 19.0. The van der Waals surface area contributed by atoms with Crippen molar-refractivity contribution in [3.8, 4) is 16.9 Å². The summed E-state index contributed by atoms with van der Waals surface area (Å²) in [6.07, 6.45) is 8.51. The Morgan fingerprint density at radius 1 is 0.932 bits per heavy atom. The highest BCUT2D eigenvalue weighted by Crippen LogP contribution is 2.36. The van der Waals surface area contributed by atoms with Crippen molar-refractivity contribution >= 4 is 5.91 Å². The summed E-state index contributed by atoms with van der Waals surface area (Å²) in [7, 11) is 0. The second-order valence-electron chi connectivity index (χ2n) is 15.8. The van der Waals surface area contributed by atoms with Gasteiger partial charge in [0.2, 0.25) is 5.91 Å². The molecular formula is C52H57N3O4. The van der Waals surface area contributed by atoms with Gasteiger partial charge in [-0.25, -0.2) is 0 Å². The number of amides is 1. The zero-order chi connectivity index (χ0) is 41.3. The van der Waals surface area contributed by atoms with Gasteiger partial charge in [0, 0.05) is 31.0 Å². The van der Waals surface area contributed by atoms with Gasteiger partial charge in [-0.1, -0.05) is 104 Å². The summed E-state index contributed by atoms with van der Waals surface area (Å²) >= 11 is 0. The number of ether oxygens (including phenoxy) is 3. The molecule has 1 saturated heterocycles. The van der Waals surface area contributed by atoms with Crippen LogP contribution in [0.5, 0.6) is 5.75 Å². The maximum absolute atomic E-state index is 14.1. The van der Waals surface area contributed by atoms with Crippen LogP contribution >= 0.6 is 0 Å². The van der Waals surface area contributed by atoms with E-state index in [-0.39, 0.29) is 24.1 Å². The number of piperidine rings is 1. The number of aromatic nitrogens is 1. The molecule has 1 N–H and O–H groups in total. The fraction of sp³-hybridized carbons (Fsp3) is 0.308. The van der Waals surface area contributed by atoms with Gasteiger partial charge in [-0.2, -0.15) is 0 Å². The summed E-state index contributed by atoms with van der Waals surface area (Å²) in [6, 6.07) is 35.6. The number of hydrogen-bond donors (Lipinski definition) is 1. The highest BCUT2D eigenvalue weighted by Gasteiger charge is 2.36. The first-order valence-electron chi connectivity index (χ1n) is 20.9. The molecule has 7 nitrogen and oxygen atoms in total. The number of benzene rings is 4. The Hall–Kier alpha value is -5.92. The lowest BCUT2D eigenvalue weighted by molar-refractivity contribution is -0.128. The van der Waals surface area contributed by atoms with Gasteiger partial charge < -0.3 is 19.5 Å². The van der Waals surface area contributed by atoms with Crippen molar-refractivity contribution < 1.29 is 19.0 Å². The normalized spacial score (nSPS) is 18.2. The number of nitrogens with one attached hydrogen (secondary N) is 1. The maximum atomic E-state index is 14.1. The van der Waals surface area contributed by atoms with Gasteiger partial charge in [0.25, 0.3) is 0 Å². The molecule has 304 valence electrons. The summed E-state index contributed by atoms with van der Waals surface area (Å²) in [4.78, 5) is 20.9. The fourth-order valence-corrected chi connectivity index (χ4v) is 8.16. The first-order chi connectivity index (χ1) is 28.7. The van der Waals surface area contributed by atoms with Gasteiger partial charge in [-0.15, -0.1) is 0 Å². The SMILES string of the molecule is C=CC1=C(/C=C2\CCC(C(=O)NCCc3ccc(-c4ccnc(C)c4C)cc3)N(C(CC)c3ccccc3)C2)OC(c2ccc(OCc3ccc(C)c(C)c3)cc2)CO1. The van der Waals surface area contributed by atoms with Crippen molar-refractivity contribution in [1.82, 2.24) is 15.2 Å². The van der Waals surface area contributed by atoms with Gasteiger partial charge >= 0.3 is 0 Å². The smallest absolute Gasteiger partial charge is 0.237 e. The fourth-order valence-electron chi connectivity index (χ4n) is 8.16. The summed E-state index contributed by atoms with van der Waals surface area (Å²) in [5.41, 5.74) is 12.9. The number of hydrogen-bond acceptors (Lipinski definition) is 6. The van der Waals surface area contributed by atoms with Crippen LogP contribution in [0.2, 0.25) is 0 Å². The standard InChI is InChI=1S/C52H57N3O4/c1-7-47(43-12-10-9-11-13-43)55-32-40(18-25-48(55)52(56)54-28-26-39-16-19-42(20-17-39)46-27-29-53-38(6)37(46)5)31-50-49(8-2)58-34-51(59-50)44-21-23-45(24-22-44)57-33-41-15-14-35(3)36(4)30-41/h8-17,19-24,27,29-31,47-48,51H,2,7,18,25-26,28,32-34H2,1,3-6H3,(H,54,56)/b40-31+. The van der Waals surface area contributed by atoms with Gasteiger partial charge in [-0.05, 0) is 134 Å². The number of allylic oxidation sites excluding steroid dienone is 2. The van der Waals surface area contributed by atoms with Gasteiger partial charge in [0.05, 0.1) is 6.04 Å². The summed E-state index contributed by atoms with van der Waals surface area (Å²) in [5, 5.41) is 3.30. The number of rotatable bonds is 14. The number of aryl methyl sites for hydroxylation is 3. The molecular weight excluding hydrogens is 731 g/mol. The van der Waals surface area contributed by atoms with E-state index in [2.05, 4.69) is 128 Å². The molecule has 0 spiro atoms. The van der Waals surface area contributed by atoms with E-state index in [9.17, 15) is 4.79 Å². The van der Waals surface area contributed by atoms with E-state index in [4.69, 9.17) is 14.2 Å². The Kier molecular flexibility index (Phi) is 13.4. The average molecular weight is 788 g/mol. The predicted molar refractivity (Wildman–Crippen MR) is 237 cm³/mol. The lowest BCUT2D eigenvalue weighted by Crippen LogP contribution is -2.51. The van der Waals surface area contributed by atoms with Crippen LogP contribution < -0.4 is 10.1 Å². The summed E-state index contributed by atoms with van der Waals surface area (Å²) in [5.74, 6) is 2.17. The molecule has 7 heteroatoms. The Balaban J connectivity index is 1.02. The van der Waals surface area contributed by atoms with Crippen LogP contribution in [0, 0.1) is 27.7 Å². The van der Waals surface area contributed by atoms with Crippen molar-refractivity contribution in [2.75, 3.05) is 19.7 Å². The maximum Gasteiger partial charge on any atom is 0.237 e. The van der Waals surface area contributed by atoms with Crippen LogP contribution in [0.1, 0.15) is 83.0 Å². The molecule has 3 atom stereocenters. The predicted octanol–water partition coefficient (Wildman–Crippen LogP) is 10.9. The first-order valence-corrected chi connectivity index (χ1v) is 20.9. The molecule has 2 aliphatic rings. The zero-order valence-corrected chi connectivity index (χ0v) is 35.2. The van der Waals surface area contributed by atoms with E-state index < -0.39 is 0 Å². The number of carbonyl (C=O) groups is 1. The van der Waals surface area contributed by atoms with Crippen LogP contribution in [-0.2, 0) is 27.3 Å². The van der Waals surface area contributed by atoms with Crippen LogP contribution in [0.15, 0.2) is 145 Å². The Morgan fingerprint density at radius 2 is 1.69 bits per heavy atom. The molecule has 59 heavy (non-hydrogen) atoms. The van der Waals surface area contributed by atoms with Crippen LogP contribution in [-0.4, -0.2) is 41.5 Å². The molecule has 2 aliphatic heterocycles.